The van der Waals surface area contributed by atoms with Crippen molar-refractivity contribution in [3.63, 3.8) is 0 Å². The van der Waals surface area contributed by atoms with Crippen LogP contribution in [0.4, 0.5) is 0 Å². The molecule has 28 heavy (non-hydrogen) atoms. The molecule has 1 atom stereocenters. The summed E-state index contributed by atoms with van der Waals surface area (Å²) in [4.78, 5) is 15.1. The summed E-state index contributed by atoms with van der Waals surface area (Å²) in [6.07, 6.45) is 8.07. The quantitative estimate of drug-likeness (QED) is 0.814. The molecule has 5 heteroatoms. The molecule has 0 spiro atoms. The van der Waals surface area contributed by atoms with Crippen molar-refractivity contribution >= 4 is 5.91 Å². The molecule has 1 heterocycles. The van der Waals surface area contributed by atoms with Gasteiger partial charge in [0.25, 0.3) is 0 Å². The van der Waals surface area contributed by atoms with Gasteiger partial charge in [-0.2, -0.15) is 5.26 Å². The SMILES string of the molecule is COc1ccc(CC2CCN(C(C)C(=O)NC3(C#N)CCCCC3)CC2)cc1. The van der Waals surface area contributed by atoms with Gasteiger partial charge in [-0.3, -0.25) is 9.69 Å². The number of rotatable bonds is 6. The number of nitrogens with zero attached hydrogens (tertiary/aromatic N) is 2. The molecular weight excluding hydrogens is 350 g/mol. The summed E-state index contributed by atoms with van der Waals surface area (Å²) < 4.78 is 5.23. The molecule has 2 aliphatic rings. The fraction of sp³-hybridized carbons (Fsp3) is 0.652. The molecule has 1 unspecified atom stereocenters. The van der Waals surface area contributed by atoms with Gasteiger partial charge < -0.3 is 10.1 Å². The van der Waals surface area contributed by atoms with E-state index in [1.165, 1.54) is 5.56 Å². The molecule has 1 N–H and O–H groups in total. The van der Waals surface area contributed by atoms with E-state index in [9.17, 15) is 10.1 Å². The maximum absolute atomic E-state index is 12.8. The molecule has 1 saturated carbocycles. The van der Waals surface area contributed by atoms with Crippen molar-refractivity contribution in [1.82, 2.24) is 10.2 Å². The number of hydrogen-bond donors (Lipinski definition) is 1. The summed E-state index contributed by atoms with van der Waals surface area (Å²) in [7, 11) is 1.69. The van der Waals surface area contributed by atoms with Crippen molar-refractivity contribution in [1.29, 1.82) is 5.26 Å². The monoisotopic (exact) mass is 383 g/mol. The van der Waals surface area contributed by atoms with Crippen LogP contribution < -0.4 is 10.1 Å². The van der Waals surface area contributed by atoms with Gasteiger partial charge in [0.05, 0.1) is 19.2 Å². The van der Waals surface area contributed by atoms with Crippen LogP contribution in [0, 0.1) is 17.2 Å². The van der Waals surface area contributed by atoms with Gasteiger partial charge in [-0.15, -0.1) is 0 Å². The Labute approximate surface area is 169 Å². The smallest absolute Gasteiger partial charge is 0.238 e. The van der Waals surface area contributed by atoms with Crippen molar-refractivity contribution in [2.24, 2.45) is 5.92 Å². The number of hydrogen-bond acceptors (Lipinski definition) is 4. The third-order valence-corrected chi connectivity index (χ3v) is 6.54. The van der Waals surface area contributed by atoms with Crippen LogP contribution in [0.15, 0.2) is 24.3 Å². The van der Waals surface area contributed by atoms with Crippen LogP contribution in [-0.2, 0) is 11.2 Å². The molecule has 1 amide bonds. The molecule has 1 aromatic rings. The van der Waals surface area contributed by atoms with Crippen molar-refractivity contribution in [2.75, 3.05) is 20.2 Å². The van der Waals surface area contributed by atoms with E-state index in [0.717, 1.165) is 70.2 Å². The Hall–Kier alpha value is -2.06. The number of carbonyl (C=O) groups excluding carboxylic acids is 1. The van der Waals surface area contributed by atoms with Crippen LogP contribution in [0.25, 0.3) is 0 Å². The number of ether oxygens (including phenoxy) is 1. The zero-order valence-electron chi connectivity index (χ0n) is 17.2. The van der Waals surface area contributed by atoms with E-state index < -0.39 is 5.54 Å². The lowest BCUT2D eigenvalue weighted by molar-refractivity contribution is -0.128. The van der Waals surface area contributed by atoms with Crippen LogP contribution >= 0.6 is 0 Å². The highest BCUT2D eigenvalue weighted by Gasteiger charge is 2.36. The summed E-state index contributed by atoms with van der Waals surface area (Å²) in [6, 6.07) is 10.6. The Morgan fingerprint density at radius 3 is 2.46 bits per heavy atom. The van der Waals surface area contributed by atoms with Gasteiger partial charge in [0, 0.05) is 0 Å². The van der Waals surface area contributed by atoms with Crippen molar-refractivity contribution in [3.05, 3.63) is 29.8 Å². The first-order chi connectivity index (χ1) is 13.5. The molecule has 3 rings (SSSR count). The third kappa shape index (κ3) is 5.05. The third-order valence-electron chi connectivity index (χ3n) is 6.54. The van der Waals surface area contributed by atoms with Gasteiger partial charge in [0.1, 0.15) is 11.3 Å². The lowest BCUT2D eigenvalue weighted by Crippen LogP contribution is -2.56. The largest absolute Gasteiger partial charge is 0.497 e. The van der Waals surface area contributed by atoms with Gasteiger partial charge in [0.15, 0.2) is 0 Å². The summed E-state index contributed by atoms with van der Waals surface area (Å²) in [5.74, 6) is 1.56. The molecule has 0 aromatic heterocycles. The second kappa shape index (κ2) is 9.43. The molecule has 1 aromatic carbocycles. The average molecular weight is 384 g/mol. The number of methoxy groups -OCH3 is 1. The second-order valence-electron chi connectivity index (χ2n) is 8.45. The first-order valence-electron chi connectivity index (χ1n) is 10.7. The molecule has 152 valence electrons. The van der Waals surface area contributed by atoms with Gasteiger partial charge >= 0.3 is 0 Å². The van der Waals surface area contributed by atoms with Crippen LogP contribution in [0.2, 0.25) is 0 Å². The minimum Gasteiger partial charge on any atom is -0.497 e. The van der Waals surface area contributed by atoms with Gasteiger partial charge in [-0.05, 0) is 75.7 Å². The number of benzene rings is 1. The van der Waals surface area contributed by atoms with Crippen molar-refractivity contribution in [2.45, 2.75) is 69.9 Å². The number of carbonyl (C=O) groups is 1. The summed E-state index contributed by atoms with van der Waals surface area (Å²) in [6.45, 7) is 3.86. The van der Waals surface area contributed by atoms with E-state index in [1.807, 2.05) is 19.1 Å². The molecule has 2 fully saturated rings. The molecular formula is C23H33N3O2. The zero-order valence-corrected chi connectivity index (χ0v) is 17.2. The highest BCUT2D eigenvalue weighted by atomic mass is 16.5. The standard InChI is InChI=1S/C23H33N3O2/c1-18(22(27)25-23(17-24)12-4-3-5-13-23)26-14-10-20(11-15-26)16-19-6-8-21(28-2)9-7-19/h6-9,18,20H,3-5,10-16H2,1-2H3,(H,25,27). The van der Waals surface area contributed by atoms with Gasteiger partial charge in [-0.25, -0.2) is 0 Å². The summed E-state index contributed by atoms with van der Waals surface area (Å²) in [5.41, 5.74) is 0.703. The van der Waals surface area contributed by atoms with Crippen molar-refractivity contribution < 1.29 is 9.53 Å². The fourth-order valence-electron chi connectivity index (χ4n) is 4.57. The normalized spacial score (nSPS) is 21.5. The Bertz CT molecular complexity index is 681. The Morgan fingerprint density at radius 1 is 1.25 bits per heavy atom. The van der Waals surface area contributed by atoms with E-state index in [1.54, 1.807) is 7.11 Å². The first-order valence-corrected chi connectivity index (χ1v) is 10.7. The lowest BCUT2D eigenvalue weighted by atomic mass is 9.82. The maximum atomic E-state index is 12.8. The van der Waals surface area contributed by atoms with Crippen molar-refractivity contribution in [3.8, 4) is 11.8 Å². The number of likely N-dealkylation sites (tertiary alicyclic amines) is 1. The Kier molecular flexibility index (Phi) is 6.96. The summed E-state index contributed by atoms with van der Waals surface area (Å²) in [5, 5.41) is 12.7. The van der Waals surface area contributed by atoms with E-state index >= 15 is 0 Å². The molecule has 0 radical (unpaired) electrons. The highest BCUT2D eigenvalue weighted by molar-refractivity contribution is 5.82. The molecule has 0 bridgehead atoms. The minimum absolute atomic E-state index is 0.0112. The predicted molar refractivity (Wildman–Crippen MR) is 110 cm³/mol. The second-order valence-corrected chi connectivity index (χ2v) is 8.45. The van der Waals surface area contributed by atoms with Crippen LogP contribution in [0.3, 0.4) is 0 Å². The van der Waals surface area contributed by atoms with E-state index in [-0.39, 0.29) is 11.9 Å². The summed E-state index contributed by atoms with van der Waals surface area (Å²) >= 11 is 0. The number of piperidine rings is 1. The van der Waals surface area contributed by atoms with Gasteiger partial charge in [-0.1, -0.05) is 31.4 Å². The van der Waals surface area contributed by atoms with Crippen LogP contribution in [0.5, 0.6) is 5.75 Å². The Balaban J connectivity index is 1.48. The van der Waals surface area contributed by atoms with Crippen LogP contribution in [0.1, 0.15) is 57.4 Å². The van der Waals surface area contributed by atoms with E-state index in [2.05, 4.69) is 28.4 Å². The fourth-order valence-corrected chi connectivity index (χ4v) is 4.57. The minimum atomic E-state index is -0.643. The molecule has 1 aliphatic carbocycles. The molecule has 1 saturated heterocycles. The predicted octanol–water partition coefficient (Wildman–Crippen LogP) is 3.68. The lowest BCUT2D eigenvalue weighted by Gasteiger charge is -2.38. The number of nitriles is 1. The first kappa shape index (κ1) is 20.7. The highest BCUT2D eigenvalue weighted by Crippen LogP contribution is 2.28. The topological polar surface area (TPSA) is 65.4 Å². The number of nitrogens with one attached hydrogen (secondary N) is 1. The maximum Gasteiger partial charge on any atom is 0.238 e. The molecule has 1 aliphatic heterocycles. The van der Waals surface area contributed by atoms with E-state index in [0.29, 0.717) is 5.92 Å². The van der Waals surface area contributed by atoms with Crippen LogP contribution in [-0.4, -0.2) is 42.6 Å². The van der Waals surface area contributed by atoms with Gasteiger partial charge in [0.2, 0.25) is 5.91 Å². The average Bonchev–Trinajstić information content (AvgIpc) is 2.75. The van der Waals surface area contributed by atoms with E-state index in [4.69, 9.17) is 4.74 Å². The number of amides is 1. The Morgan fingerprint density at radius 2 is 1.89 bits per heavy atom. The zero-order chi connectivity index (χ0) is 20.0. The molecule has 5 nitrogen and oxygen atoms in total.